The minimum absolute atomic E-state index is 0.200. The molecule has 14 heavy (non-hydrogen) atoms. The normalized spacial score (nSPS) is 23.3. The van der Waals surface area contributed by atoms with Gasteiger partial charge in [-0.1, -0.05) is 19.3 Å². The van der Waals surface area contributed by atoms with Gasteiger partial charge in [0.1, 0.15) is 5.01 Å². The Kier molecular flexibility index (Phi) is 2.88. The fraction of sp³-hybridized carbons (Fsp3) is 0.727. The smallest absolute Gasteiger partial charge is 0.112 e. The number of nitrogens with two attached hydrogens (primary N) is 1. The lowest BCUT2D eigenvalue weighted by molar-refractivity contribution is 0.224. The molecule has 1 aliphatic rings. The van der Waals surface area contributed by atoms with Crippen LogP contribution in [-0.2, 0) is 5.54 Å². The summed E-state index contributed by atoms with van der Waals surface area (Å²) in [7, 11) is 0. The molecule has 1 aromatic heterocycles. The van der Waals surface area contributed by atoms with Crippen molar-refractivity contribution in [3.63, 3.8) is 0 Å². The molecule has 0 aliphatic heterocycles. The Morgan fingerprint density at radius 1 is 1.43 bits per heavy atom. The van der Waals surface area contributed by atoms with E-state index >= 15 is 0 Å². The Morgan fingerprint density at radius 3 is 2.71 bits per heavy atom. The van der Waals surface area contributed by atoms with Crippen molar-refractivity contribution in [3.8, 4) is 0 Å². The van der Waals surface area contributed by atoms with E-state index in [0.29, 0.717) is 5.92 Å². The molecule has 1 aromatic rings. The van der Waals surface area contributed by atoms with Gasteiger partial charge in [0.05, 0.1) is 5.54 Å². The minimum Gasteiger partial charge on any atom is -0.319 e. The van der Waals surface area contributed by atoms with Crippen LogP contribution in [-0.4, -0.2) is 4.98 Å². The van der Waals surface area contributed by atoms with E-state index in [1.165, 1.54) is 32.1 Å². The second kappa shape index (κ2) is 3.99. The summed E-state index contributed by atoms with van der Waals surface area (Å²) >= 11 is 1.69. The zero-order valence-corrected chi connectivity index (χ0v) is 9.52. The number of aromatic nitrogens is 1. The summed E-state index contributed by atoms with van der Waals surface area (Å²) in [5, 5.41) is 3.12. The van der Waals surface area contributed by atoms with Crippen molar-refractivity contribution in [1.82, 2.24) is 4.98 Å². The third kappa shape index (κ3) is 1.84. The molecule has 2 N–H and O–H groups in total. The highest BCUT2D eigenvalue weighted by atomic mass is 32.1. The molecule has 1 aliphatic carbocycles. The van der Waals surface area contributed by atoms with E-state index in [-0.39, 0.29) is 5.54 Å². The van der Waals surface area contributed by atoms with Crippen LogP contribution < -0.4 is 5.73 Å². The van der Waals surface area contributed by atoms with Gasteiger partial charge in [-0.2, -0.15) is 0 Å². The molecule has 1 atom stereocenters. The van der Waals surface area contributed by atoms with Gasteiger partial charge in [0, 0.05) is 11.6 Å². The van der Waals surface area contributed by atoms with Crippen LogP contribution in [0.15, 0.2) is 11.6 Å². The van der Waals surface area contributed by atoms with Crippen molar-refractivity contribution < 1.29 is 0 Å². The van der Waals surface area contributed by atoms with Crippen LogP contribution in [0.25, 0.3) is 0 Å². The lowest BCUT2D eigenvalue weighted by atomic mass is 9.76. The molecule has 0 spiro atoms. The SMILES string of the molecule is CC(N)(c1nccs1)C1CCCCC1. The largest absolute Gasteiger partial charge is 0.319 e. The van der Waals surface area contributed by atoms with Gasteiger partial charge in [-0.3, -0.25) is 0 Å². The second-order valence-electron chi connectivity index (χ2n) is 4.45. The lowest BCUT2D eigenvalue weighted by Gasteiger charge is -2.35. The first kappa shape index (κ1) is 10.1. The molecule has 0 aromatic carbocycles. The molecule has 2 rings (SSSR count). The zero-order valence-electron chi connectivity index (χ0n) is 8.70. The van der Waals surface area contributed by atoms with Crippen LogP contribution in [0.3, 0.4) is 0 Å². The number of hydrogen-bond acceptors (Lipinski definition) is 3. The molecule has 2 nitrogen and oxygen atoms in total. The monoisotopic (exact) mass is 210 g/mol. The van der Waals surface area contributed by atoms with E-state index in [1.807, 2.05) is 11.6 Å². The summed E-state index contributed by atoms with van der Waals surface area (Å²) in [5.74, 6) is 0.627. The molecule has 1 heterocycles. The molecule has 0 amide bonds. The van der Waals surface area contributed by atoms with E-state index in [2.05, 4.69) is 11.9 Å². The van der Waals surface area contributed by atoms with E-state index < -0.39 is 0 Å². The summed E-state index contributed by atoms with van der Waals surface area (Å²) in [4.78, 5) is 4.36. The van der Waals surface area contributed by atoms with Crippen LogP contribution in [0.2, 0.25) is 0 Å². The molecular formula is C11H18N2S. The lowest BCUT2D eigenvalue weighted by Crippen LogP contribution is -2.42. The number of thiazole rings is 1. The van der Waals surface area contributed by atoms with Crippen molar-refractivity contribution >= 4 is 11.3 Å². The Balaban J connectivity index is 2.14. The summed E-state index contributed by atoms with van der Waals surface area (Å²) < 4.78 is 0. The van der Waals surface area contributed by atoms with Crippen molar-refractivity contribution in [3.05, 3.63) is 16.6 Å². The topological polar surface area (TPSA) is 38.9 Å². The van der Waals surface area contributed by atoms with E-state index in [9.17, 15) is 0 Å². The first-order chi connectivity index (χ1) is 6.71. The first-order valence-electron chi connectivity index (χ1n) is 5.40. The number of rotatable bonds is 2. The highest BCUT2D eigenvalue weighted by Gasteiger charge is 2.34. The van der Waals surface area contributed by atoms with Crippen LogP contribution in [0.1, 0.15) is 44.0 Å². The van der Waals surface area contributed by atoms with Crippen LogP contribution in [0.5, 0.6) is 0 Å². The van der Waals surface area contributed by atoms with Gasteiger partial charge in [0.2, 0.25) is 0 Å². The molecular weight excluding hydrogens is 192 g/mol. The first-order valence-corrected chi connectivity index (χ1v) is 6.28. The Hall–Kier alpha value is -0.410. The number of hydrogen-bond donors (Lipinski definition) is 1. The quantitative estimate of drug-likeness (QED) is 0.815. The molecule has 3 heteroatoms. The minimum atomic E-state index is -0.200. The zero-order chi connectivity index (χ0) is 10.0. The number of nitrogens with zero attached hydrogens (tertiary/aromatic N) is 1. The fourth-order valence-corrected chi connectivity index (χ4v) is 3.16. The van der Waals surface area contributed by atoms with Gasteiger partial charge in [-0.05, 0) is 25.7 Å². The Bertz CT molecular complexity index is 273. The van der Waals surface area contributed by atoms with Crippen molar-refractivity contribution in [2.75, 3.05) is 0 Å². The van der Waals surface area contributed by atoms with Crippen molar-refractivity contribution in [2.24, 2.45) is 11.7 Å². The fourth-order valence-electron chi connectivity index (χ4n) is 2.37. The van der Waals surface area contributed by atoms with Crippen LogP contribution in [0, 0.1) is 5.92 Å². The predicted molar refractivity (Wildman–Crippen MR) is 60.2 cm³/mol. The van der Waals surface area contributed by atoms with Crippen molar-refractivity contribution in [1.29, 1.82) is 0 Å². The molecule has 0 saturated heterocycles. The second-order valence-corrected chi connectivity index (χ2v) is 5.35. The van der Waals surface area contributed by atoms with E-state index in [0.717, 1.165) is 5.01 Å². The van der Waals surface area contributed by atoms with Gasteiger partial charge in [-0.25, -0.2) is 4.98 Å². The molecule has 78 valence electrons. The van der Waals surface area contributed by atoms with Gasteiger partial charge < -0.3 is 5.73 Å². The third-order valence-corrected chi connectivity index (χ3v) is 4.37. The van der Waals surface area contributed by atoms with Crippen molar-refractivity contribution in [2.45, 2.75) is 44.6 Å². The molecule has 1 saturated carbocycles. The summed E-state index contributed by atoms with van der Waals surface area (Å²) in [6, 6.07) is 0. The maximum absolute atomic E-state index is 6.41. The van der Waals surface area contributed by atoms with E-state index in [4.69, 9.17) is 5.73 Å². The van der Waals surface area contributed by atoms with Gasteiger partial charge in [0.15, 0.2) is 0 Å². The van der Waals surface area contributed by atoms with Gasteiger partial charge in [0.25, 0.3) is 0 Å². The van der Waals surface area contributed by atoms with Crippen LogP contribution >= 0.6 is 11.3 Å². The highest BCUT2D eigenvalue weighted by molar-refractivity contribution is 7.09. The van der Waals surface area contributed by atoms with E-state index in [1.54, 1.807) is 11.3 Å². The molecule has 1 unspecified atom stereocenters. The molecule has 0 bridgehead atoms. The third-order valence-electron chi connectivity index (χ3n) is 3.35. The van der Waals surface area contributed by atoms with Crippen LogP contribution in [0.4, 0.5) is 0 Å². The maximum atomic E-state index is 6.41. The summed E-state index contributed by atoms with van der Waals surface area (Å²) in [6.45, 7) is 2.14. The predicted octanol–water partition coefficient (Wildman–Crippen LogP) is 2.90. The maximum Gasteiger partial charge on any atom is 0.112 e. The summed E-state index contributed by atoms with van der Waals surface area (Å²) in [6.07, 6.45) is 8.45. The van der Waals surface area contributed by atoms with Gasteiger partial charge >= 0.3 is 0 Å². The highest BCUT2D eigenvalue weighted by Crippen LogP contribution is 2.37. The molecule has 0 radical (unpaired) electrons. The van der Waals surface area contributed by atoms with Gasteiger partial charge in [-0.15, -0.1) is 11.3 Å². The molecule has 1 fully saturated rings. The average Bonchev–Trinajstić information content (AvgIpc) is 2.72. The summed E-state index contributed by atoms with van der Waals surface area (Å²) in [5.41, 5.74) is 6.21. The average molecular weight is 210 g/mol. The Morgan fingerprint density at radius 2 is 2.14 bits per heavy atom. The Labute approximate surface area is 89.5 Å². The standard InChI is InChI=1S/C11H18N2S/c1-11(12,10-13-7-8-14-10)9-5-3-2-4-6-9/h7-9H,2-6,12H2,1H3.